The summed E-state index contributed by atoms with van der Waals surface area (Å²) in [6, 6.07) is 8.12. The summed E-state index contributed by atoms with van der Waals surface area (Å²) in [6.07, 6.45) is 3.09. The summed E-state index contributed by atoms with van der Waals surface area (Å²) < 4.78 is 0. The number of piperidine rings is 1. The minimum Gasteiger partial charge on any atom is -0.326 e. The second kappa shape index (κ2) is 7.28. The van der Waals surface area contributed by atoms with Crippen molar-refractivity contribution in [3.63, 3.8) is 0 Å². The van der Waals surface area contributed by atoms with Gasteiger partial charge in [0.05, 0.1) is 0 Å². The molecule has 22 heavy (non-hydrogen) atoms. The number of carbonyl (C=O) groups is 1. The Kier molecular flexibility index (Phi) is 5.63. The number of carbonyl (C=O) groups excluding carboxylic acids is 1. The van der Waals surface area contributed by atoms with E-state index in [-0.39, 0.29) is 11.3 Å². The van der Waals surface area contributed by atoms with Crippen LogP contribution in [0, 0.1) is 5.92 Å². The fraction of sp³-hybridized carbons (Fsp3) is 0.632. The SMILES string of the molecule is CC1CCN(CCC(=O)Nc2ccccc2C(C)(C)C)CC1. The standard InChI is InChI=1S/C19H30N2O/c1-15-9-12-21(13-10-15)14-11-18(22)20-17-8-6-5-7-16(17)19(2,3)4/h5-8,15H,9-14H2,1-4H3,(H,20,22). The summed E-state index contributed by atoms with van der Waals surface area (Å²) >= 11 is 0. The third-order valence-electron chi connectivity index (χ3n) is 4.54. The molecule has 1 N–H and O–H groups in total. The average molecular weight is 302 g/mol. The van der Waals surface area contributed by atoms with Crippen molar-refractivity contribution in [2.75, 3.05) is 25.0 Å². The van der Waals surface area contributed by atoms with Crippen LogP contribution in [0.15, 0.2) is 24.3 Å². The highest BCUT2D eigenvalue weighted by molar-refractivity contribution is 5.91. The van der Waals surface area contributed by atoms with Crippen LogP contribution in [0.2, 0.25) is 0 Å². The largest absolute Gasteiger partial charge is 0.326 e. The molecule has 1 aliphatic heterocycles. The lowest BCUT2D eigenvalue weighted by Gasteiger charge is -2.30. The first kappa shape index (κ1) is 17.0. The molecule has 1 aliphatic rings. The maximum absolute atomic E-state index is 12.3. The maximum atomic E-state index is 12.3. The molecular formula is C19H30N2O. The van der Waals surface area contributed by atoms with Crippen LogP contribution < -0.4 is 5.32 Å². The van der Waals surface area contributed by atoms with Crippen LogP contribution in [0.3, 0.4) is 0 Å². The first-order valence-corrected chi connectivity index (χ1v) is 8.48. The van der Waals surface area contributed by atoms with E-state index in [1.165, 1.54) is 18.4 Å². The van der Waals surface area contributed by atoms with Crippen molar-refractivity contribution < 1.29 is 4.79 Å². The number of hydrogen-bond donors (Lipinski definition) is 1. The van der Waals surface area contributed by atoms with Gasteiger partial charge in [-0.2, -0.15) is 0 Å². The number of para-hydroxylation sites is 1. The molecule has 0 aliphatic carbocycles. The smallest absolute Gasteiger partial charge is 0.225 e. The van der Waals surface area contributed by atoms with E-state index in [2.05, 4.69) is 44.0 Å². The van der Waals surface area contributed by atoms with Gasteiger partial charge in [0.1, 0.15) is 0 Å². The Morgan fingerprint density at radius 2 is 1.86 bits per heavy atom. The van der Waals surface area contributed by atoms with Gasteiger partial charge >= 0.3 is 0 Å². The predicted molar refractivity (Wildman–Crippen MR) is 93.2 cm³/mol. The second-order valence-electron chi connectivity index (χ2n) is 7.62. The molecule has 3 heteroatoms. The number of rotatable bonds is 4. The van der Waals surface area contributed by atoms with Crippen LogP contribution >= 0.6 is 0 Å². The monoisotopic (exact) mass is 302 g/mol. The van der Waals surface area contributed by atoms with Gasteiger partial charge in [0.25, 0.3) is 0 Å². The number of nitrogens with zero attached hydrogens (tertiary/aromatic N) is 1. The number of anilines is 1. The predicted octanol–water partition coefficient (Wildman–Crippen LogP) is 4.04. The van der Waals surface area contributed by atoms with Gasteiger partial charge in [-0.25, -0.2) is 0 Å². The summed E-state index contributed by atoms with van der Waals surface area (Å²) in [5.74, 6) is 0.957. The van der Waals surface area contributed by atoms with Gasteiger partial charge in [0.2, 0.25) is 5.91 Å². The van der Waals surface area contributed by atoms with Crippen LogP contribution in [0.4, 0.5) is 5.69 Å². The molecule has 0 aromatic heterocycles. The number of amides is 1. The number of benzene rings is 1. The normalized spacial score (nSPS) is 17.5. The van der Waals surface area contributed by atoms with Gasteiger partial charge in [-0.3, -0.25) is 4.79 Å². The maximum Gasteiger partial charge on any atom is 0.225 e. The van der Waals surface area contributed by atoms with E-state index < -0.39 is 0 Å². The Balaban J connectivity index is 1.87. The van der Waals surface area contributed by atoms with E-state index in [4.69, 9.17) is 0 Å². The van der Waals surface area contributed by atoms with Crippen LogP contribution in [-0.2, 0) is 10.2 Å². The molecule has 0 spiro atoms. The quantitative estimate of drug-likeness (QED) is 0.910. The zero-order valence-electron chi connectivity index (χ0n) is 14.5. The van der Waals surface area contributed by atoms with Crippen molar-refractivity contribution in [3.05, 3.63) is 29.8 Å². The summed E-state index contributed by atoms with van der Waals surface area (Å²) in [5.41, 5.74) is 2.18. The molecule has 0 unspecified atom stereocenters. The van der Waals surface area contributed by atoms with Crippen molar-refractivity contribution in [3.8, 4) is 0 Å². The van der Waals surface area contributed by atoms with Crippen LogP contribution in [0.25, 0.3) is 0 Å². The van der Waals surface area contributed by atoms with E-state index in [1.807, 2.05) is 18.2 Å². The molecule has 1 heterocycles. The Labute approximate surface area is 135 Å². The molecule has 0 radical (unpaired) electrons. The molecule has 0 bridgehead atoms. The van der Waals surface area contributed by atoms with E-state index in [0.29, 0.717) is 6.42 Å². The van der Waals surface area contributed by atoms with Gasteiger partial charge in [0, 0.05) is 18.7 Å². The molecule has 1 amide bonds. The summed E-state index contributed by atoms with van der Waals surface area (Å²) in [6.45, 7) is 12.0. The lowest BCUT2D eigenvalue weighted by molar-refractivity contribution is -0.116. The highest BCUT2D eigenvalue weighted by Gasteiger charge is 2.19. The van der Waals surface area contributed by atoms with Crippen molar-refractivity contribution in [1.29, 1.82) is 0 Å². The lowest BCUT2D eigenvalue weighted by Crippen LogP contribution is -2.35. The Morgan fingerprint density at radius 1 is 1.23 bits per heavy atom. The van der Waals surface area contributed by atoms with Gasteiger partial charge in [0.15, 0.2) is 0 Å². The number of hydrogen-bond acceptors (Lipinski definition) is 2. The lowest BCUT2D eigenvalue weighted by atomic mass is 9.86. The highest BCUT2D eigenvalue weighted by Crippen LogP contribution is 2.29. The van der Waals surface area contributed by atoms with Gasteiger partial charge in [-0.15, -0.1) is 0 Å². The molecule has 1 aromatic carbocycles. The average Bonchev–Trinajstić information content (AvgIpc) is 2.46. The second-order valence-corrected chi connectivity index (χ2v) is 7.62. The highest BCUT2D eigenvalue weighted by atomic mass is 16.1. The minimum atomic E-state index is 0.0346. The first-order valence-electron chi connectivity index (χ1n) is 8.48. The Bertz CT molecular complexity index is 496. The summed E-state index contributed by atoms with van der Waals surface area (Å²) in [5, 5.41) is 3.10. The van der Waals surface area contributed by atoms with E-state index in [9.17, 15) is 4.79 Å². The van der Waals surface area contributed by atoms with Crippen LogP contribution in [0.5, 0.6) is 0 Å². The fourth-order valence-electron chi connectivity index (χ4n) is 3.00. The Morgan fingerprint density at radius 3 is 2.50 bits per heavy atom. The zero-order valence-corrected chi connectivity index (χ0v) is 14.5. The molecule has 0 atom stereocenters. The zero-order chi connectivity index (χ0) is 16.2. The van der Waals surface area contributed by atoms with Gasteiger partial charge < -0.3 is 10.2 Å². The molecule has 1 fully saturated rings. The van der Waals surface area contributed by atoms with Crippen molar-refractivity contribution >= 4 is 11.6 Å². The molecule has 3 nitrogen and oxygen atoms in total. The van der Waals surface area contributed by atoms with Crippen molar-refractivity contribution in [2.45, 2.75) is 52.4 Å². The molecular weight excluding hydrogens is 272 g/mol. The third-order valence-corrected chi connectivity index (χ3v) is 4.54. The van der Waals surface area contributed by atoms with Crippen LogP contribution in [0.1, 0.15) is 52.5 Å². The molecule has 122 valence electrons. The number of likely N-dealkylation sites (tertiary alicyclic amines) is 1. The van der Waals surface area contributed by atoms with Gasteiger partial charge in [-0.1, -0.05) is 45.9 Å². The van der Waals surface area contributed by atoms with E-state index >= 15 is 0 Å². The molecule has 1 saturated heterocycles. The topological polar surface area (TPSA) is 32.3 Å². The van der Waals surface area contributed by atoms with Crippen molar-refractivity contribution in [1.82, 2.24) is 4.90 Å². The molecule has 1 aromatic rings. The number of nitrogens with one attached hydrogen (secondary N) is 1. The molecule has 0 saturated carbocycles. The van der Waals surface area contributed by atoms with E-state index in [1.54, 1.807) is 0 Å². The van der Waals surface area contributed by atoms with Crippen LogP contribution in [-0.4, -0.2) is 30.4 Å². The van der Waals surface area contributed by atoms with Gasteiger partial charge in [-0.05, 0) is 48.9 Å². The summed E-state index contributed by atoms with van der Waals surface area (Å²) in [4.78, 5) is 14.7. The van der Waals surface area contributed by atoms with E-state index in [0.717, 1.165) is 31.2 Å². The minimum absolute atomic E-state index is 0.0346. The molecule has 2 rings (SSSR count). The summed E-state index contributed by atoms with van der Waals surface area (Å²) in [7, 11) is 0. The first-order chi connectivity index (χ1) is 10.4. The third kappa shape index (κ3) is 4.84. The Hall–Kier alpha value is -1.35. The fourth-order valence-corrected chi connectivity index (χ4v) is 3.00. The van der Waals surface area contributed by atoms with Crippen molar-refractivity contribution in [2.24, 2.45) is 5.92 Å².